The second-order valence-corrected chi connectivity index (χ2v) is 7.63. The maximum Gasteiger partial charge on any atom is 0.320 e. The SMILES string of the molecule is CC(O)CCN(C)C(=O)N1CCS(=O)(=O)CC1CC(=O)O. The fourth-order valence-electron chi connectivity index (χ4n) is 2.20. The molecular formula is C12H22N2O6S. The highest BCUT2D eigenvalue weighted by Gasteiger charge is 2.36. The van der Waals surface area contributed by atoms with Gasteiger partial charge in [0.1, 0.15) is 0 Å². The van der Waals surface area contributed by atoms with Crippen molar-refractivity contribution >= 4 is 21.8 Å². The molecular weight excluding hydrogens is 300 g/mol. The third-order valence-electron chi connectivity index (χ3n) is 3.40. The van der Waals surface area contributed by atoms with Crippen LogP contribution in [0.25, 0.3) is 0 Å². The van der Waals surface area contributed by atoms with E-state index in [0.29, 0.717) is 13.0 Å². The first-order valence-electron chi connectivity index (χ1n) is 6.74. The first-order chi connectivity index (χ1) is 9.62. The lowest BCUT2D eigenvalue weighted by Crippen LogP contribution is -2.55. The van der Waals surface area contributed by atoms with Crippen LogP contribution in [0.5, 0.6) is 0 Å². The molecule has 0 bridgehead atoms. The zero-order valence-electron chi connectivity index (χ0n) is 12.2. The quantitative estimate of drug-likeness (QED) is 0.697. The number of amides is 2. The van der Waals surface area contributed by atoms with Crippen molar-refractivity contribution < 1.29 is 28.2 Å². The van der Waals surface area contributed by atoms with Crippen molar-refractivity contribution in [2.24, 2.45) is 0 Å². The molecule has 0 spiro atoms. The van der Waals surface area contributed by atoms with Gasteiger partial charge in [-0.05, 0) is 13.3 Å². The molecule has 0 aliphatic carbocycles. The predicted molar refractivity (Wildman–Crippen MR) is 75.7 cm³/mol. The summed E-state index contributed by atoms with van der Waals surface area (Å²) in [7, 11) is -1.76. The number of sulfone groups is 1. The smallest absolute Gasteiger partial charge is 0.320 e. The number of carboxylic acid groups (broad SMARTS) is 1. The Labute approximate surface area is 124 Å². The summed E-state index contributed by atoms with van der Waals surface area (Å²) in [4.78, 5) is 25.8. The number of aliphatic hydroxyl groups excluding tert-OH is 1. The van der Waals surface area contributed by atoms with Gasteiger partial charge in [0.05, 0.1) is 30.1 Å². The lowest BCUT2D eigenvalue weighted by Gasteiger charge is -2.37. The fraction of sp³-hybridized carbons (Fsp3) is 0.833. The van der Waals surface area contributed by atoms with Crippen LogP contribution in [-0.2, 0) is 14.6 Å². The van der Waals surface area contributed by atoms with Crippen LogP contribution in [0.1, 0.15) is 19.8 Å². The van der Waals surface area contributed by atoms with Crippen molar-refractivity contribution in [3.05, 3.63) is 0 Å². The highest BCUT2D eigenvalue weighted by atomic mass is 32.2. The molecule has 8 nitrogen and oxygen atoms in total. The van der Waals surface area contributed by atoms with Gasteiger partial charge in [-0.3, -0.25) is 4.79 Å². The Bertz CT molecular complexity index is 490. The second-order valence-electron chi connectivity index (χ2n) is 5.40. The van der Waals surface area contributed by atoms with E-state index < -0.39 is 40.4 Å². The number of carbonyl (C=O) groups excluding carboxylic acids is 1. The zero-order chi connectivity index (χ0) is 16.2. The van der Waals surface area contributed by atoms with Crippen LogP contribution in [0.2, 0.25) is 0 Å². The lowest BCUT2D eigenvalue weighted by molar-refractivity contribution is -0.138. The average molecular weight is 322 g/mol. The molecule has 2 N–H and O–H groups in total. The highest BCUT2D eigenvalue weighted by molar-refractivity contribution is 7.91. The molecule has 0 saturated carbocycles. The van der Waals surface area contributed by atoms with Crippen molar-refractivity contribution in [1.29, 1.82) is 0 Å². The van der Waals surface area contributed by atoms with E-state index in [4.69, 9.17) is 5.11 Å². The first kappa shape index (κ1) is 17.7. The van der Waals surface area contributed by atoms with Gasteiger partial charge in [-0.1, -0.05) is 0 Å². The van der Waals surface area contributed by atoms with E-state index in [0.717, 1.165) is 0 Å². The van der Waals surface area contributed by atoms with Crippen molar-refractivity contribution in [3.8, 4) is 0 Å². The van der Waals surface area contributed by atoms with Gasteiger partial charge in [-0.25, -0.2) is 13.2 Å². The van der Waals surface area contributed by atoms with Crippen molar-refractivity contribution in [1.82, 2.24) is 9.80 Å². The minimum Gasteiger partial charge on any atom is -0.481 e. The highest BCUT2D eigenvalue weighted by Crippen LogP contribution is 2.17. The van der Waals surface area contributed by atoms with Crippen molar-refractivity contribution in [2.45, 2.75) is 31.9 Å². The van der Waals surface area contributed by atoms with Gasteiger partial charge in [0.2, 0.25) is 0 Å². The van der Waals surface area contributed by atoms with E-state index in [9.17, 15) is 23.1 Å². The van der Waals surface area contributed by atoms with Crippen LogP contribution >= 0.6 is 0 Å². The molecule has 2 amide bonds. The van der Waals surface area contributed by atoms with Crippen LogP contribution < -0.4 is 0 Å². The molecule has 122 valence electrons. The van der Waals surface area contributed by atoms with Crippen molar-refractivity contribution in [2.75, 3.05) is 31.6 Å². The van der Waals surface area contributed by atoms with Gasteiger partial charge in [0, 0.05) is 20.1 Å². The Morgan fingerprint density at radius 1 is 1.43 bits per heavy atom. The summed E-state index contributed by atoms with van der Waals surface area (Å²) in [6.45, 7) is 1.93. The summed E-state index contributed by atoms with van der Waals surface area (Å²) in [5.41, 5.74) is 0. The average Bonchev–Trinajstić information content (AvgIpc) is 2.33. The molecule has 0 aromatic carbocycles. The van der Waals surface area contributed by atoms with Gasteiger partial charge < -0.3 is 20.0 Å². The Balaban J connectivity index is 2.77. The normalized spacial score (nSPS) is 22.6. The molecule has 1 aliphatic heterocycles. The standard InChI is InChI=1S/C12H22N2O6S/c1-9(15)3-4-13(2)12(18)14-5-6-21(19,20)8-10(14)7-11(16)17/h9-10,15H,3-8H2,1-2H3,(H,16,17). The van der Waals surface area contributed by atoms with Gasteiger partial charge in [0.15, 0.2) is 9.84 Å². The Hall–Kier alpha value is -1.35. The maximum atomic E-state index is 12.3. The molecule has 1 saturated heterocycles. The van der Waals surface area contributed by atoms with Crippen LogP contribution in [0.3, 0.4) is 0 Å². The molecule has 0 aromatic heterocycles. The van der Waals surface area contributed by atoms with E-state index in [2.05, 4.69) is 0 Å². The number of rotatable bonds is 5. The molecule has 1 fully saturated rings. The largest absolute Gasteiger partial charge is 0.481 e. The summed E-state index contributed by atoms with van der Waals surface area (Å²) >= 11 is 0. The van der Waals surface area contributed by atoms with Crippen LogP contribution in [0.4, 0.5) is 4.79 Å². The van der Waals surface area contributed by atoms with Crippen LogP contribution in [0.15, 0.2) is 0 Å². The molecule has 1 rings (SSSR count). The molecule has 1 heterocycles. The fourth-order valence-corrected chi connectivity index (χ4v) is 3.73. The van der Waals surface area contributed by atoms with Crippen LogP contribution in [0, 0.1) is 0 Å². The van der Waals surface area contributed by atoms with Crippen LogP contribution in [-0.4, -0.2) is 84.2 Å². The van der Waals surface area contributed by atoms with E-state index >= 15 is 0 Å². The number of nitrogens with zero attached hydrogens (tertiary/aromatic N) is 2. The van der Waals surface area contributed by atoms with Gasteiger partial charge in [-0.15, -0.1) is 0 Å². The molecule has 21 heavy (non-hydrogen) atoms. The minimum absolute atomic E-state index is 0.00185. The maximum absolute atomic E-state index is 12.3. The topological polar surface area (TPSA) is 115 Å². The van der Waals surface area contributed by atoms with E-state index in [1.165, 1.54) is 9.80 Å². The van der Waals surface area contributed by atoms with E-state index in [1.54, 1.807) is 14.0 Å². The third-order valence-corrected chi connectivity index (χ3v) is 5.09. The molecule has 0 radical (unpaired) electrons. The van der Waals surface area contributed by atoms with E-state index in [-0.39, 0.29) is 18.1 Å². The molecule has 1 aliphatic rings. The summed E-state index contributed by atoms with van der Waals surface area (Å²) < 4.78 is 23.2. The van der Waals surface area contributed by atoms with Crippen molar-refractivity contribution in [3.63, 3.8) is 0 Å². The van der Waals surface area contributed by atoms with Gasteiger partial charge in [0.25, 0.3) is 0 Å². The lowest BCUT2D eigenvalue weighted by atomic mass is 10.2. The molecule has 9 heteroatoms. The number of hydrogen-bond acceptors (Lipinski definition) is 5. The van der Waals surface area contributed by atoms with Gasteiger partial charge in [-0.2, -0.15) is 0 Å². The Kier molecular flexibility index (Phi) is 5.97. The monoisotopic (exact) mass is 322 g/mol. The first-order valence-corrected chi connectivity index (χ1v) is 8.56. The number of aliphatic carboxylic acids is 1. The minimum atomic E-state index is -3.31. The number of hydrogen-bond donors (Lipinski definition) is 2. The predicted octanol–water partition coefficient (Wildman–Crippen LogP) is -0.617. The second kappa shape index (κ2) is 7.08. The Morgan fingerprint density at radius 2 is 2.05 bits per heavy atom. The zero-order valence-corrected chi connectivity index (χ0v) is 13.0. The molecule has 2 unspecified atom stereocenters. The summed E-state index contributed by atoms with van der Waals surface area (Å²) in [6.07, 6.45) is -0.537. The third kappa shape index (κ3) is 5.50. The molecule has 2 atom stereocenters. The van der Waals surface area contributed by atoms with E-state index in [1.807, 2.05) is 0 Å². The summed E-state index contributed by atoms with van der Waals surface area (Å²) in [5.74, 6) is -1.62. The number of carbonyl (C=O) groups is 2. The number of urea groups is 1. The number of aliphatic hydroxyl groups is 1. The number of carboxylic acids is 1. The summed E-state index contributed by atoms with van der Waals surface area (Å²) in [6, 6.07) is -1.25. The summed E-state index contributed by atoms with van der Waals surface area (Å²) in [5, 5.41) is 18.1. The molecule has 0 aromatic rings. The van der Waals surface area contributed by atoms with Gasteiger partial charge >= 0.3 is 12.0 Å². The Morgan fingerprint density at radius 3 is 2.57 bits per heavy atom.